The van der Waals surface area contributed by atoms with Gasteiger partial charge in [-0.2, -0.15) is 0 Å². The lowest BCUT2D eigenvalue weighted by molar-refractivity contribution is -0.0175. The Hall–Kier alpha value is -1.43. The number of benzene rings is 1. The summed E-state index contributed by atoms with van der Waals surface area (Å²) in [6, 6.07) is 7.77. The third-order valence-corrected chi connectivity index (χ3v) is 3.74. The van der Waals surface area contributed by atoms with Crippen molar-refractivity contribution >= 4 is 5.91 Å². The van der Waals surface area contributed by atoms with Crippen LogP contribution in [0.3, 0.4) is 0 Å². The Balaban J connectivity index is 1.90. The van der Waals surface area contributed by atoms with Crippen LogP contribution in [0.1, 0.15) is 15.9 Å². The van der Waals surface area contributed by atoms with Gasteiger partial charge in [-0.25, -0.2) is 0 Å². The van der Waals surface area contributed by atoms with Gasteiger partial charge in [0, 0.05) is 25.2 Å². The number of ether oxygens (including phenoxy) is 1. The molecule has 1 amide bonds. The summed E-state index contributed by atoms with van der Waals surface area (Å²) < 4.78 is 5.66. The minimum absolute atomic E-state index is 0.0153. The summed E-state index contributed by atoms with van der Waals surface area (Å²) in [5.41, 5.74) is 1.84. The van der Waals surface area contributed by atoms with E-state index >= 15 is 0 Å². The van der Waals surface area contributed by atoms with Crippen LogP contribution in [0, 0.1) is 0 Å². The second kappa shape index (κ2) is 8.12. The molecule has 0 radical (unpaired) electrons. The Morgan fingerprint density at radius 3 is 3.00 bits per heavy atom. The molecule has 1 aliphatic heterocycles. The lowest BCUT2D eigenvalue weighted by Gasteiger charge is -2.30. The van der Waals surface area contributed by atoms with Crippen LogP contribution in [-0.4, -0.2) is 63.8 Å². The topological polar surface area (TPSA) is 53.6 Å². The highest BCUT2D eigenvalue weighted by atomic mass is 16.5. The van der Waals surface area contributed by atoms with E-state index in [4.69, 9.17) is 4.74 Å². The van der Waals surface area contributed by atoms with E-state index < -0.39 is 0 Å². The number of carbonyl (C=O) groups is 1. The smallest absolute Gasteiger partial charge is 0.251 e. The Morgan fingerprint density at radius 2 is 2.24 bits per heavy atom. The zero-order valence-electron chi connectivity index (χ0n) is 12.9. The van der Waals surface area contributed by atoms with Crippen molar-refractivity contribution in [2.75, 3.05) is 46.9 Å². The molecule has 0 spiro atoms. The van der Waals surface area contributed by atoms with Gasteiger partial charge in [0.15, 0.2) is 0 Å². The molecule has 1 unspecified atom stereocenters. The van der Waals surface area contributed by atoms with Gasteiger partial charge < -0.3 is 20.3 Å². The molecule has 21 heavy (non-hydrogen) atoms. The molecule has 1 saturated heterocycles. The molecule has 0 saturated carbocycles. The number of carbonyl (C=O) groups excluding carboxylic acids is 1. The molecule has 0 bridgehead atoms. The molecule has 5 nitrogen and oxygen atoms in total. The number of likely N-dealkylation sites (N-methyl/N-ethyl adjacent to an activating group) is 2. The van der Waals surface area contributed by atoms with E-state index in [1.165, 1.54) is 0 Å². The number of nitrogens with zero attached hydrogens (tertiary/aromatic N) is 1. The third kappa shape index (κ3) is 4.81. The molecule has 1 fully saturated rings. The van der Waals surface area contributed by atoms with E-state index in [0.717, 1.165) is 43.8 Å². The largest absolute Gasteiger partial charge is 0.374 e. The molecule has 1 atom stereocenters. The average molecular weight is 291 g/mol. The van der Waals surface area contributed by atoms with Crippen molar-refractivity contribution < 1.29 is 9.53 Å². The lowest BCUT2D eigenvalue weighted by atomic mass is 10.0. The van der Waals surface area contributed by atoms with Crippen LogP contribution in [0.25, 0.3) is 0 Å². The SMILES string of the molecule is CNCCc1ccccc1C(=O)NCC1CN(C)CCO1. The van der Waals surface area contributed by atoms with Crippen molar-refractivity contribution in [2.24, 2.45) is 0 Å². The molecule has 5 heteroatoms. The number of nitrogens with one attached hydrogen (secondary N) is 2. The van der Waals surface area contributed by atoms with Crippen LogP contribution >= 0.6 is 0 Å². The van der Waals surface area contributed by atoms with E-state index in [1.54, 1.807) is 0 Å². The molecule has 2 N–H and O–H groups in total. The first-order chi connectivity index (χ1) is 10.2. The van der Waals surface area contributed by atoms with Gasteiger partial charge in [-0.15, -0.1) is 0 Å². The van der Waals surface area contributed by atoms with Crippen LogP contribution in [0.15, 0.2) is 24.3 Å². The quantitative estimate of drug-likeness (QED) is 0.802. The van der Waals surface area contributed by atoms with Gasteiger partial charge >= 0.3 is 0 Å². The van der Waals surface area contributed by atoms with Crippen LogP contribution in [0.5, 0.6) is 0 Å². The fourth-order valence-electron chi connectivity index (χ4n) is 2.51. The predicted octanol–water partition coefficient (Wildman–Crippen LogP) is 0.509. The number of rotatable bonds is 6. The standard InChI is InChI=1S/C16H25N3O2/c1-17-8-7-13-5-3-4-6-15(13)16(20)18-11-14-12-19(2)9-10-21-14/h3-6,14,17H,7-12H2,1-2H3,(H,18,20). The lowest BCUT2D eigenvalue weighted by Crippen LogP contribution is -2.46. The van der Waals surface area contributed by atoms with Crippen molar-refractivity contribution in [1.29, 1.82) is 0 Å². The third-order valence-electron chi connectivity index (χ3n) is 3.74. The maximum Gasteiger partial charge on any atom is 0.251 e. The summed E-state index contributed by atoms with van der Waals surface area (Å²) in [5, 5.41) is 6.11. The fourth-order valence-corrected chi connectivity index (χ4v) is 2.51. The van der Waals surface area contributed by atoms with E-state index in [2.05, 4.69) is 22.6 Å². The number of hydrogen-bond acceptors (Lipinski definition) is 4. The van der Waals surface area contributed by atoms with Crippen LogP contribution in [-0.2, 0) is 11.2 Å². The summed E-state index contributed by atoms with van der Waals surface area (Å²) in [4.78, 5) is 14.6. The van der Waals surface area contributed by atoms with Gasteiger partial charge in [0.2, 0.25) is 0 Å². The van der Waals surface area contributed by atoms with Crippen LogP contribution < -0.4 is 10.6 Å². The molecule has 0 aliphatic carbocycles. The average Bonchev–Trinajstić information content (AvgIpc) is 2.51. The summed E-state index contributed by atoms with van der Waals surface area (Å²) in [7, 11) is 3.99. The van der Waals surface area contributed by atoms with E-state index in [-0.39, 0.29) is 12.0 Å². The van der Waals surface area contributed by atoms with E-state index in [1.807, 2.05) is 31.3 Å². The Morgan fingerprint density at radius 1 is 1.43 bits per heavy atom. The molecule has 1 aliphatic rings. The van der Waals surface area contributed by atoms with Gasteiger partial charge in [0.25, 0.3) is 5.91 Å². The summed E-state index contributed by atoms with van der Waals surface area (Å²) in [5.74, 6) is -0.0153. The molecular formula is C16H25N3O2. The summed E-state index contributed by atoms with van der Waals surface area (Å²) >= 11 is 0. The second-order valence-electron chi connectivity index (χ2n) is 5.48. The fraction of sp³-hybridized carbons (Fsp3) is 0.562. The molecule has 1 aromatic rings. The molecule has 116 valence electrons. The van der Waals surface area contributed by atoms with Crippen molar-refractivity contribution in [1.82, 2.24) is 15.5 Å². The van der Waals surface area contributed by atoms with Gasteiger partial charge in [0.05, 0.1) is 12.7 Å². The van der Waals surface area contributed by atoms with Crippen molar-refractivity contribution in [2.45, 2.75) is 12.5 Å². The molecular weight excluding hydrogens is 266 g/mol. The Kier molecular flexibility index (Phi) is 6.17. The van der Waals surface area contributed by atoms with Gasteiger partial charge in [-0.3, -0.25) is 4.79 Å². The summed E-state index contributed by atoms with van der Waals surface area (Å²) in [6.07, 6.45) is 0.931. The molecule has 1 aromatic carbocycles. The maximum absolute atomic E-state index is 12.4. The van der Waals surface area contributed by atoms with Gasteiger partial charge in [-0.05, 0) is 38.7 Å². The minimum atomic E-state index is -0.0153. The van der Waals surface area contributed by atoms with E-state index in [9.17, 15) is 4.79 Å². The first-order valence-electron chi connectivity index (χ1n) is 7.51. The van der Waals surface area contributed by atoms with Gasteiger partial charge in [0.1, 0.15) is 0 Å². The molecule has 2 rings (SSSR count). The maximum atomic E-state index is 12.4. The molecule has 1 heterocycles. The van der Waals surface area contributed by atoms with E-state index in [0.29, 0.717) is 6.54 Å². The first kappa shape index (κ1) is 15.9. The zero-order valence-corrected chi connectivity index (χ0v) is 12.9. The van der Waals surface area contributed by atoms with Crippen molar-refractivity contribution in [3.8, 4) is 0 Å². The van der Waals surface area contributed by atoms with Crippen LogP contribution in [0.4, 0.5) is 0 Å². The van der Waals surface area contributed by atoms with Crippen LogP contribution in [0.2, 0.25) is 0 Å². The zero-order chi connectivity index (χ0) is 15.1. The van der Waals surface area contributed by atoms with Crippen molar-refractivity contribution in [3.63, 3.8) is 0 Å². The highest BCUT2D eigenvalue weighted by Crippen LogP contribution is 2.10. The van der Waals surface area contributed by atoms with Gasteiger partial charge in [-0.1, -0.05) is 18.2 Å². The number of hydrogen-bond donors (Lipinski definition) is 2. The number of morpholine rings is 1. The molecule has 0 aromatic heterocycles. The first-order valence-corrected chi connectivity index (χ1v) is 7.51. The predicted molar refractivity (Wildman–Crippen MR) is 83.6 cm³/mol. The minimum Gasteiger partial charge on any atom is -0.374 e. The second-order valence-corrected chi connectivity index (χ2v) is 5.48. The highest BCUT2D eigenvalue weighted by molar-refractivity contribution is 5.95. The number of amides is 1. The Labute approximate surface area is 126 Å². The monoisotopic (exact) mass is 291 g/mol. The Bertz CT molecular complexity index is 465. The normalized spacial score (nSPS) is 19.4. The summed E-state index contributed by atoms with van der Waals surface area (Å²) in [6.45, 7) is 3.97. The van der Waals surface area contributed by atoms with Crippen molar-refractivity contribution in [3.05, 3.63) is 35.4 Å². The highest BCUT2D eigenvalue weighted by Gasteiger charge is 2.19.